The maximum absolute atomic E-state index is 12.5. The first-order valence-electron chi connectivity index (χ1n) is 7.19. The number of nitro groups is 1. The van der Waals surface area contributed by atoms with E-state index < -0.39 is 14.9 Å². The Labute approximate surface area is 134 Å². The summed E-state index contributed by atoms with van der Waals surface area (Å²) in [5, 5.41) is 10.8. The van der Waals surface area contributed by atoms with Crippen LogP contribution in [0.3, 0.4) is 0 Å². The smallest absolute Gasteiger partial charge is 0.272 e. The molecule has 0 N–H and O–H groups in total. The lowest BCUT2D eigenvalue weighted by atomic mass is 10.1. The molecular weight excluding hydrogens is 322 g/mol. The number of rotatable bonds is 3. The van der Waals surface area contributed by atoms with Crippen LogP contribution in [0.1, 0.15) is 22.3 Å². The summed E-state index contributed by atoms with van der Waals surface area (Å²) in [7, 11) is -3.26. The molecule has 23 heavy (non-hydrogen) atoms. The van der Waals surface area contributed by atoms with Crippen molar-refractivity contribution in [3.05, 3.63) is 39.4 Å². The first-order valence-corrected chi connectivity index (χ1v) is 9.04. The maximum atomic E-state index is 12.5. The summed E-state index contributed by atoms with van der Waals surface area (Å²) in [5.41, 5.74) is 0.773. The van der Waals surface area contributed by atoms with Crippen LogP contribution in [-0.4, -0.2) is 60.9 Å². The van der Waals surface area contributed by atoms with E-state index in [4.69, 9.17) is 0 Å². The van der Waals surface area contributed by atoms with Crippen LogP contribution < -0.4 is 0 Å². The Morgan fingerprint density at radius 3 is 2.48 bits per heavy atom. The molecule has 8 nitrogen and oxygen atoms in total. The summed E-state index contributed by atoms with van der Waals surface area (Å²) in [5.74, 6) is -0.238. The van der Waals surface area contributed by atoms with Gasteiger partial charge in [0.2, 0.25) is 10.0 Å². The Morgan fingerprint density at radius 2 is 1.91 bits per heavy atom. The Hall–Kier alpha value is -2.00. The van der Waals surface area contributed by atoms with E-state index in [2.05, 4.69) is 0 Å². The zero-order valence-corrected chi connectivity index (χ0v) is 13.9. The van der Waals surface area contributed by atoms with Crippen molar-refractivity contribution >= 4 is 21.6 Å². The van der Waals surface area contributed by atoms with Crippen molar-refractivity contribution in [3.63, 3.8) is 0 Å². The number of benzene rings is 1. The standard InChI is InChI=1S/C14H19N3O5S/c1-11-10-12(4-5-13(11)17(19)20)14(18)15-6-3-7-16(9-8-15)23(2,21)22/h4-5,10H,3,6-9H2,1-2H3. The first kappa shape index (κ1) is 17.4. The molecule has 0 spiro atoms. The predicted octanol–water partition coefficient (Wildman–Crippen LogP) is 1.01. The number of nitrogens with zero attached hydrogens (tertiary/aromatic N) is 3. The number of carbonyl (C=O) groups excluding carboxylic acids is 1. The molecular formula is C14H19N3O5S. The fourth-order valence-corrected chi connectivity index (χ4v) is 3.48. The van der Waals surface area contributed by atoms with Crippen molar-refractivity contribution in [2.45, 2.75) is 13.3 Å². The largest absolute Gasteiger partial charge is 0.337 e. The van der Waals surface area contributed by atoms with Gasteiger partial charge >= 0.3 is 0 Å². The van der Waals surface area contributed by atoms with E-state index in [0.717, 1.165) is 6.26 Å². The molecule has 0 atom stereocenters. The summed E-state index contributed by atoms with van der Waals surface area (Å²) < 4.78 is 24.5. The van der Waals surface area contributed by atoms with Crippen LogP contribution >= 0.6 is 0 Å². The second-order valence-corrected chi connectivity index (χ2v) is 7.55. The summed E-state index contributed by atoms with van der Waals surface area (Å²) in [6.45, 7) is 3.00. The van der Waals surface area contributed by atoms with E-state index >= 15 is 0 Å². The minimum atomic E-state index is -3.26. The molecule has 1 heterocycles. The highest BCUT2D eigenvalue weighted by molar-refractivity contribution is 7.88. The Bertz CT molecular complexity index is 732. The minimum absolute atomic E-state index is 0.0272. The van der Waals surface area contributed by atoms with Crippen LogP contribution in [0, 0.1) is 17.0 Å². The van der Waals surface area contributed by atoms with Crippen molar-refractivity contribution in [2.24, 2.45) is 0 Å². The molecule has 9 heteroatoms. The number of hydrogen-bond donors (Lipinski definition) is 0. The van der Waals surface area contributed by atoms with Gasteiger partial charge < -0.3 is 4.90 Å². The van der Waals surface area contributed by atoms with Crippen LogP contribution in [0.4, 0.5) is 5.69 Å². The monoisotopic (exact) mass is 341 g/mol. The molecule has 1 aliphatic heterocycles. The average Bonchev–Trinajstić information content (AvgIpc) is 2.71. The highest BCUT2D eigenvalue weighted by Gasteiger charge is 2.25. The van der Waals surface area contributed by atoms with E-state index in [0.29, 0.717) is 37.2 Å². The third kappa shape index (κ3) is 4.05. The zero-order chi connectivity index (χ0) is 17.2. The van der Waals surface area contributed by atoms with E-state index in [1.807, 2.05) is 0 Å². The summed E-state index contributed by atoms with van der Waals surface area (Å²) in [6, 6.07) is 4.26. The molecule has 0 radical (unpaired) electrons. The number of nitro benzene ring substituents is 1. The number of hydrogen-bond acceptors (Lipinski definition) is 5. The molecule has 1 amide bonds. The molecule has 0 saturated carbocycles. The van der Waals surface area contributed by atoms with Crippen molar-refractivity contribution in [2.75, 3.05) is 32.4 Å². The zero-order valence-electron chi connectivity index (χ0n) is 13.1. The van der Waals surface area contributed by atoms with Gasteiger partial charge in [0, 0.05) is 43.4 Å². The molecule has 0 unspecified atom stereocenters. The van der Waals surface area contributed by atoms with Crippen molar-refractivity contribution in [1.29, 1.82) is 0 Å². The van der Waals surface area contributed by atoms with E-state index in [9.17, 15) is 23.3 Å². The normalized spacial score (nSPS) is 16.9. The minimum Gasteiger partial charge on any atom is -0.337 e. The lowest BCUT2D eigenvalue weighted by Gasteiger charge is -2.21. The fraction of sp³-hybridized carbons (Fsp3) is 0.500. The van der Waals surface area contributed by atoms with E-state index in [1.54, 1.807) is 11.8 Å². The molecule has 1 aromatic rings. The van der Waals surface area contributed by atoms with Crippen molar-refractivity contribution in [3.8, 4) is 0 Å². The van der Waals surface area contributed by atoms with Gasteiger partial charge in [-0.15, -0.1) is 0 Å². The van der Waals surface area contributed by atoms with Gasteiger partial charge in [0.05, 0.1) is 11.2 Å². The Kier molecular flexibility index (Phi) is 5.00. The highest BCUT2D eigenvalue weighted by atomic mass is 32.2. The summed E-state index contributed by atoms with van der Waals surface area (Å²) in [6.07, 6.45) is 1.72. The van der Waals surface area contributed by atoms with Crippen LogP contribution in [0.25, 0.3) is 0 Å². The predicted molar refractivity (Wildman–Crippen MR) is 84.8 cm³/mol. The summed E-state index contributed by atoms with van der Waals surface area (Å²) >= 11 is 0. The number of sulfonamides is 1. The van der Waals surface area contributed by atoms with Crippen molar-refractivity contribution < 1.29 is 18.1 Å². The molecule has 1 saturated heterocycles. The van der Waals surface area contributed by atoms with Gasteiger partial charge in [-0.3, -0.25) is 14.9 Å². The lowest BCUT2D eigenvalue weighted by Crippen LogP contribution is -2.37. The molecule has 2 rings (SSSR count). The SMILES string of the molecule is Cc1cc(C(=O)N2CCCN(S(C)(=O)=O)CC2)ccc1[N+](=O)[O-]. The summed E-state index contributed by atoms with van der Waals surface area (Å²) in [4.78, 5) is 24.5. The fourth-order valence-electron chi connectivity index (χ4n) is 2.60. The van der Waals surface area contributed by atoms with Crippen LogP contribution in [0.5, 0.6) is 0 Å². The average molecular weight is 341 g/mol. The van der Waals surface area contributed by atoms with Gasteiger partial charge in [0.25, 0.3) is 11.6 Å². The second-order valence-electron chi connectivity index (χ2n) is 5.57. The van der Waals surface area contributed by atoms with Gasteiger partial charge in [0.15, 0.2) is 0 Å². The molecule has 1 aliphatic rings. The molecule has 1 fully saturated rings. The Morgan fingerprint density at radius 1 is 1.22 bits per heavy atom. The van der Waals surface area contributed by atoms with Gasteiger partial charge in [0.1, 0.15) is 0 Å². The van der Waals surface area contributed by atoms with Gasteiger partial charge in [-0.05, 0) is 25.5 Å². The molecule has 0 bridgehead atoms. The van der Waals surface area contributed by atoms with Gasteiger partial charge in [-0.2, -0.15) is 0 Å². The van der Waals surface area contributed by atoms with E-state index in [-0.39, 0.29) is 18.1 Å². The lowest BCUT2D eigenvalue weighted by molar-refractivity contribution is -0.385. The molecule has 1 aromatic carbocycles. The second kappa shape index (κ2) is 6.63. The maximum Gasteiger partial charge on any atom is 0.272 e. The third-order valence-electron chi connectivity index (χ3n) is 3.85. The molecule has 126 valence electrons. The Balaban J connectivity index is 2.15. The van der Waals surface area contributed by atoms with E-state index in [1.165, 1.54) is 22.5 Å². The molecule has 0 aliphatic carbocycles. The highest BCUT2D eigenvalue weighted by Crippen LogP contribution is 2.20. The third-order valence-corrected chi connectivity index (χ3v) is 5.15. The van der Waals surface area contributed by atoms with Crippen LogP contribution in [0.2, 0.25) is 0 Å². The quantitative estimate of drug-likeness (QED) is 0.603. The number of carbonyl (C=O) groups is 1. The first-order chi connectivity index (χ1) is 10.7. The van der Waals surface area contributed by atoms with Gasteiger partial charge in [-0.1, -0.05) is 0 Å². The van der Waals surface area contributed by atoms with Crippen LogP contribution in [-0.2, 0) is 10.0 Å². The molecule has 0 aromatic heterocycles. The van der Waals surface area contributed by atoms with Gasteiger partial charge in [-0.25, -0.2) is 12.7 Å². The number of aryl methyl sites for hydroxylation is 1. The topological polar surface area (TPSA) is 101 Å². The van der Waals surface area contributed by atoms with Crippen molar-refractivity contribution in [1.82, 2.24) is 9.21 Å². The number of amides is 1. The van der Waals surface area contributed by atoms with Crippen LogP contribution in [0.15, 0.2) is 18.2 Å².